The highest BCUT2D eigenvalue weighted by Crippen LogP contribution is 2.17. The number of rotatable bonds is 10. The Morgan fingerprint density at radius 3 is 1.53 bits per heavy atom. The van der Waals surface area contributed by atoms with Gasteiger partial charge in [-0.15, -0.1) is 0 Å². The molecule has 0 aromatic rings. The Bertz CT molecular complexity index is 303. The maximum atomic E-state index is 8.53. The summed E-state index contributed by atoms with van der Waals surface area (Å²) in [6.45, 7) is 8.69. The lowest BCUT2D eigenvalue weighted by atomic mass is 10.4. The van der Waals surface area contributed by atoms with E-state index in [1.165, 1.54) is 0 Å². The first-order valence-electron chi connectivity index (χ1n) is 6.68. The summed E-state index contributed by atoms with van der Waals surface area (Å²) in [5.74, 6) is 0. The van der Waals surface area contributed by atoms with E-state index >= 15 is 0 Å². The molecule has 0 aliphatic carbocycles. The largest absolute Gasteiger partial charge is 0.435 e. The van der Waals surface area contributed by atoms with Crippen LogP contribution in [0.15, 0.2) is 0 Å². The third-order valence-corrected chi connectivity index (χ3v) is 11.0. The molecular weight excluding hydrogens is 288 g/mol. The first-order chi connectivity index (χ1) is 8.83. The Kier molecular flexibility index (Phi) is 9.23. The molecule has 0 aromatic carbocycles. The lowest BCUT2D eigenvalue weighted by Crippen LogP contribution is -2.38. The summed E-state index contributed by atoms with van der Waals surface area (Å²) in [6, 6.07) is 6.35. The van der Waals surface area contributed by atoms with Crippen LogP contribution in [0, 0.1) is 22.7 Å². The maximum Gasteiger partial charge on any atom is 0.410 e. The molecule has 0 aliphatic rings. The van der Waals surface area contributed by atoms with E-state index in [4.69, 9.17) is 18.8 Å². The molecule has 19 heavy (non-hydrogen) atoms. The summed E-state index contributed by atoms with van der Waals surface area (Å²) in [6.07, 6.45) is 3.06. The second-order valence-electron chi connectivity index (χ2n) is 5.83. The van der Waals surface area contributed by atoms with Crippen molar-refractivity contribution in [1.29, 1.82) is 10.5 Å². The van der Waals surface area contributed by atoms with Gasteiger partial charge in [0.2, 0.25) is 0 Å². The van der Waals surface area contributed by atoms with Crippen molar-refractivity contribution >= 4 is 26.6 Å². The number of nitrogens with zero attached hydrogens (tertiary/aromatic N) is 2. The fraction of sp³-hybridized carbons (Fsp3) is 0.833. The third-order valence-electron chi connectivity index (χ3n) is 2.77. The van der Waals surface area contributed by atoms with Gasteiger partial charge >= 0.3 is 10.0 Å². The van der Waals surface area contributed by atoms with Gasteiger partial charge < -0.3 is 8.23 Å². The Labute approximate surface area is 122 Å². The topological polar surface area (TPSA) is 66.0 Å². The van der Waals surface area contributed by atoms with Crippen molar-refractivity contribution < 1.29 is 8.23 Å². The van der Waals surface area contributed by atoms with E-state index in [1.54, 1.807) is 0 Å². The monoisotopic (exact) mass is 312 g/mol. The summed E-state index contributed by atoms with van der Waals surface area (Å²) in [4.78, 5) is 0. The number of nitriles is 2. The zero-order valence-electron chi connectivity index (χ0n) is 12.5. The predicted octanol–water partition coefficient (Wildman–Crippen LogP) is 3.57. The van der Waals surface area contributed by atoms with Crippen molar-refractivity contribution in [2.75, 3.05) is 0 Å². The predicted molar refractivity (Wildman–Crippen MR) is 82.2 cm³/mol. The summed E-state index contributed by atoms with van der Waals surface area (Å²) < 4.78 is 11.8. The number of unbranched alkanes of at least 4 members (excludes halogenated alkanes) is 2. The first-order valence-corrected chi connectivity index (χ1v) is 13.7. The van der Waals surface area contributed by atoms with Crippen LogP contribution in [-0.2, 0) is 8.23 Å². The normalized spacial score (nSPS) is 11.9. The van der Waals surface area contributed by atoms with Gasteiger partial charge in [0.05, 0.1) is 12.1 Å². The Morgan fingerprint density at radius 1 is 0.842 bits per heavy atom. The zero-order chi connectivity index (χ0) is 14.8. The van der Waals surface area contributed by atoms with Crippen molar-refractivity contribution in [2.24, 2.45) is 0 Å². The van der Waals surface area contributed by atoms with Crippen LogP contribution in [0.3, 0.4) is 0 Å². The van der Waals surface area contributed by atoms with Gasteiger partial charge in [-0.25, -0.2) is 0 Å². The van der Waals surface area contributed by atoms with Crippen LogP contribution in [0.25, 0.3) is 0 Å². The third kappa shape index (κ3) is 11.1. The Morgan fingerprint density at radius 2 is 1.21 bits per heavy atom. The van der Waals surface area contributed by atoms with Crippen LogP contribution in [0.4, 0.5) is 0 Å². The highest BCUT2D eigenvalue weighted by Gasteiger charge is 2.26. The number of hydrogen-bond donors (Lipinski definition) is 0. The molecule has 7 heteroatoms. The lowest BCUT2D eigenvalue weighted by molar-refractivity contribution is 0.446. The van der Waals surface area contributed by atoms with Crippen molar-refractivity contribution in [3.05, 3.63) is 0 Å². The zero-order valence-corrected chi connectivity index (χ0v) is 15.5. The molecule has 0 aromatic heterocycles. The van der Waals surface area contributed by atoms with Gasteiger partial charge in [-0.2, -0.15) is 10.5 Å². The van der Waals surface area contributed by atoms with Crippen LogP contribution in [0.2, 0.25) is 38.3 Å². The van der Waals surface area contributed by atoms with E-state index in [0.29, 0.717) is 12.8 Å². The first kappa shape index (κ1) is 18.6. The molecule has 0 atom stereocenters. The minimum atomic E-state index is -1.67. The SMILES string of the molecule is C[Si](C)(CCCC#N)O[Si]O[Si](C)(C)CCCC#N. The summed E-state index contributed by atoms with van der Waals surface area (Å²) >= 11 is 0. The van der Waals surface area contributed by atoms with E-state index in [1.807, 2.05) is 0 Å². The molecule has 0 spiro atoms. The highest BCUT2D eigenvalue weighted by molar-refractivity contribution is 6.78. The minimum Gasteiger partial charge on any atom is -0.435 e. The van der Waals surface area contributed by atoms with E-state index in [-0.39, 0.29) is 10.0 Å². The standard InChI is InChI=1S/C12H24N2O2Si3/c1-18(2,11-7-5-9-13)15-17-16-19(3,4)12-8-6-10-14/h5-8,11-12H2,1-4H3. The summed E-state index contributed by atoms with van der Waals surface area (Å²) in [5, 5.41) is 17.1. The van der Waals surface area contributed by atoms with E-state index in [0.717, 1.165) is 24.9 Å². The average molecular weight is 313 g/mol. The van der Waals surface area contributed by atoms with Gasteiger partial charge in [0, 0.05) is 12.8 Å². The molecule has 0 unspecified atom stereocenters. The van der Waals surface area contributed by atoms with Gasteiger partial charge in [-0.3, -0.25) is 0 Å². The van der Waals surface area contributed by atoms with Crippen LogP contribution >= 0.6 is 0 Å². The molecule has 0 fully saturated rings. The second kappa shape index (κ2) is 9.45. The highest BCUT2D eigenvalue weighted by atomic mass is 28.4. The molecule has 4 nitrogen and oxygen atoms in total. The molecule has 0 amide bonds. The molecular formula is C12H24N2O2Si3. The second-order valence-corrected chi connectivity index (χ2v) is 15.7. The van der Waals surface area contributed by atoms with Crippen molar-refractivity contribution in [3.63, 3.8) is 0 Å². The summed E-state index contributed by atoms with van der Waals surface area (Å²) in [7, 11) is -3.23. The van der Waals surface area contributed by atoms with Gasteiger partial charge in [0.25, 0.3) is 0 Å². The van der Waals surface area contributed by atoms with Crippen molar-refractivity contribution in [2.45, 2.75) is 64.0 Å². The lowest BCUT2D eigenvalue weighted by Gasteiger charge is -2.26. The van der Waals surface area contributed by atoms with Gasteiger partial charge in [-0.05, 0) is 51.1 Å². The average Bonchev–Trinajstić information content (AvgIpc) is 2.28. The van der Waals surface area contributed by atoms with Gasteiger partial charge in [0.1, 0.15) is 0 Å². The van der Waals surface area contributed by atoms with Gasteiger partial charge in [0.15, 0.2) is 16.6 Å². The van der Waals surface area contributed by atoms with Crippen molar-refractivity contribution in [3.8, 4) is 12.1 Å². The molecule has 0 aliphatic heterocycles. The Balaban J connectivity index is 3.87. The number of hydrogen-bond acceptors (Lipinski definition) is 4. The van der Waals surface area contributed by atoms with Crippen LogP contribution in [0.5, 0.6) is 0 Å². The fourth-order valence-electron chi connectivity index (χ4n) is 1.53. The van der Waals surface area contributed by atoms with Crippen molar-refractivity contribution in [1.82, 2.24) is 0 Å². The molecule has 0 N–H and O–H groups in total. The van der Waals surface area contributed by atoms with E-state index in [2.05, 4.69) is 38.3 Å². The molecule has 0 saturated heterocycles. The smallest absolute Gasteiger partial charge is 0.410 e. The van der Waals surface area contributed by atoms with Crippen LogP contribution in [0.1, 0.15) is 25.7 Å². The fourth-order valence-corrected chi connectivity index (χ4v) is 6.75. The van der Waals surface area contributed by atoms with Crippen LogP contribution < -0.4 is 0 Å². The van der Waals surface area contributed by atoms with Gasteiger partial charge in [-0.1, -0.05) is 0 Å². The summed E-state index contributed by atoms with van der Waals surface area (Å²) in [5.41, 5.74) is 0. The molecule has 2 radical (unpaired) electrons. The molecule has 106 valence electrons. The van der Waals surface area contributed by atoms with E-state index < -0.39 is 16.6 Å². The Hall–Kier alpha value is -0.449. The minimum absolute atomic E-state index is 0.116. The quantitative estimate of drug-likeness (QED) is 0.457. The molecule has 0 heterocycles. The maximum absolute atomic E-state index is 8.53. The molecule has 0 saturated carbocycles. The molecule has 0 bridgehead atoms. The van der Waals surface area contributed by atoms with E-state index in [9.17, 15) is 0 Å². The molecule has 0 rings (SSSR count). The van der Waals surface area contributed by atoms with Crippen LogP contribution in [-0.4, -0.2) is 26.6 Å².